The van der Waals surface area contributed by atoms with Crippen LogP contribution in [-0.2, 0) is 0 Å². The first-order valence-electron chi connectivity index (χ1n) is 6.18. The smallest absolute Gasteiger partial charge is 0.123 e. The molecule has 1 N–H and O–H groups in total. The lowest BCUT2D eigenvalue weighted by Gasteiger charge is -2.16. The minimum atomic E-state index is -0.162. The van der Waals surface area contributed by atoms with Crippen LogP contribution in [0, 0.1) is 12.7 Å². The Morgan fingerprint density at radius 2 is 2.06 bits per heavy atom. The molecule has 0 aromatic heterocycles. The maximum atomic E-state index is 13.4. The molecule has 0 fully saturated rings. The van der Waals surface area contributed by atoms with E-state index in [0.29, 0.717) is 0 Å². The second-order valence-corrected chi connectivity index (χ2v) is 4.74. The number of hydrogen-bond donors (Lipinski definition) is 1. The van der Waals surface area contributed by atoms with Crippen LogP contribution in [0.25, 0.3) is 0 Å². The quantitative estimate of drug-likeness (QED) is 0.756. The molecule has 1 atom stereocenters. The van der Waals surface area contributed by atoms with Crippen molar-refractivity contribution in [2.45, 2.75) is 40.2 Å². The lowest BCUT2D eigenvalue weighted by atomic mass is 10.0. The van der Waals surface area contributed by atoms with E-state index in [1.54, 1.807) is 12.1 Å². The molecule has 1 aromatic rings. The molecule has 0 saturated carbocycles. The van der Waals surface area contributed by atoms with Gasteiger partial charge in [-0.05, 0) is 57.0 Å². The largest absolute Gasteiger partial charge is 0.307 e. The first-order valence-corrected chi connectivity index (χ1v) is 6.18. The minimum Gasteiger partial charge on any atom is -0.307 e. The predicted octanol–water partition coefficient (Wildman–Crippen LogP) is 4.14. The fourth-order valence-corrected chi connectivity index (χ4v) is 1.85. The minimum absolute atomic E-state index is 0.106. The molecule has 17 heavy (non-hydrogen) atoms. The lowest BCUT2D eigenvalue weighted by Crippen LogP contribution is -2.21. The summed E-state index contributed by atoms with van der Waals surface area (Å²) in [6.45, 7) is 9.11. The molecule has 2 heteroatoms. The summed E-state index contributed by atoms with van der Waals surface area (Å²) in [4.78, 5) is 0. The normalized spacial score (nSPS) is 12.3. The highest BCUT2D eigenvalue weighted by Crippen LogP contribution is 2.19. The van der Waals surface area contributed by atoms with Crippen LogP contribution >= 0.6 is 0 Å². The molecule has 0 saturated heterocycles. The molecule has 1 unspecified atom stereocenters. The highest BCUT2D eigenvalue weighted by Gasteiger charge is 2.09. The Balaban J connectivity index is 2.99. The van der Waals surface area contributed by atoms with Gasteiger partial charge in [0.05, 0.1) is 6.04 Å². The van der Waals surface area contributed by atoms with Gasteiger partial charge in [-0.3, -0.25) is 0 Å². The van der Waals surface area contributed by atoms with Crippen molar-refractivity contribution in [1.29, 1.82) is 0 Å². The van der Waals surface area contributed by atoms with Crippen molar-refractivity contribution in [3.8, 4) is 0 Å². The zero-order valence-electron chi connectivity index (χ0n) is 11.2. The van der Waals surface area contributed by atoms with E-state index in [1.165, 1.54) is 5.57 Å². The van der Waals surface area contributed by atoms with Gasteiger partial charge in [0, 0.05) is 0 Å². The van der Waals surface area contributed by atoms with Gasteiger partial charge in [0.2, 0.25) is 0 Å². The predicted molar refractivity (Wildman–Crippen MR) is 71.6 cm³/mol. The number of nitrogens with one attached hydrogen (secondary N) is 1. The van der Waals surface area contributed by atoms with Crippen LogP contribution in [0.4, 0.5) is 4.39 Å². The van der Waals surface area contributed by atoms with Gasteiger partial charge in [-0.1, -0.05) is 24.6 Å². The summed E-state index contributed by atoms with van der Waals surface area (Å²) in [6, 6.07) is 5.31. The van der Waals surface area contributed by atoms with E-state index in [2.05, 4.69) is 32.2 Å². The number of halogens is 1. The third-order valence-corrected chi connectivity index (χ3v) is 2.54. The van der Waals surface area contributed by atoms with E-state index in [1.807, 2.05) is 13.0 Å². The van der Waals surface area contributed by atoms with Gasteiger partial charge in [0.1, 0.15) is 5.82 Å². The molecule has 0 aliphatic carbocycles. The van der Waals surface area contributed by atoms with E-state index >= 15 is 0 Å². The van der Waals surface area contributed by atoms with Crippen LogP contribution in [0.3, 0.4) is 0 Å². The Bertz CT molecular complexity index is 372. The Labute approximate surface area is 104 Å². The number of hydrogen-bond acceptors (Lipinski definition) is 1. The highest BCUT2D eigenvalue weighted by molar-refractivity contribution is 5.29. The summed E-state index contributed by atoms with van der Waals surface area (Å²) in [5, 5.41) is 3.43. The molecule has 0 heterocycles. The Morgan fingerprint density at radius 3 is 2.59 bits per heavy atom. The summed E-state index contributed by atoms with van der Waals surface area (Å²) < 4.78 is 13.4. The summed E-state index contributed by atoms with van der Waals surface area (Å²) in [5.74, 6) is -0.162. The first kappa shape index (κ1) is 13.9. The van der Waals surface area contributed by atoms with Gasteiger partial charge in [0.15, 0.2) is 0 Å². The summed E-state index contributed by atoms with van der Waals surface area (Å²) in [7, 11) is 0. The van der Waals surface area contributed by atoms with Crippen LogP contribution in [0.15, 0.2) is 29.8 Å². The third-order valence-electron chi connectivity index (χ3n) is 2.54. The number of benzene rings is 1. The second kappa shape index (κ2) is 6.55. The van der Waals surface area contributed by atoms with Crippen molar-refractivity contribution < 1.29 is 4.39 Å². The molecule has 0 aliphatic rings. The van der Waals surface area contributed by atoms with Gasteiger partial charge >= 0.3 is 0 Å². The van der Waals surface area contributed by atoms with Gasteiger partial charge in [-0.25, -0.2) is 4.39 Å². The summed E-state index contributed by atoms with van der Waals surface area (Å²) >= 11 is 0. The Kier molecular flexibility index (Phi) is 5.36. The van der Waals surface area contributed by atoms with Crippen molar-refractivity contribution >= 4 is 0 Å². The van der Waals surface area contributed by atoms with E-state index in [9.17, 15) is 4.39 Å². The molecule has 1 aromatic carbocycles. The van der Waals surface area contributed by atoms with E-state index in [-0.39, 0.29) is 11.9 Å². The van der Waals surface area contributed by atoms with E-state index < -0.39 is 0 Å². The van der Waals surface area contributed by atoms with Crippen molar-refractivity contribution in [2.24, 2.45) is 0 Å². The third kappa shape index (κ3) is 4.70. The molecule has 0 aliphatic heterocycles. The van der Waals surface area contributed by atoms with Crippen LogP contribution in [0.2, 0.25) is 0 Å². The Morgan fingerprint density at radius 1 is 1.35 bits per heavy atom. The van der Waals surface area contributed by atoms with Gasteiger partial charge < -0.3 is 5.32 Å². The molecule has 0 radical (unpaired) electrons. The zero-order valence-corrected chi connectivity index (χ0v) is 11.2. The molecule has 0 bridgehead atoms. The topological polar surface area (TPSA) is 12.0 Å². The van der Waals surface area contributed by atoms with Gasteiger partial charge in [-0.15, -0.1) is 0 Å². The average Bonchev–Trinajstić information content (AvgIpc) is 2.22. The standard InChI is InChI=1S/C15H22FN/c1-5-6-17-15(7-11(2)3)13-8-12(4)9-14(16)10-13/h7-10,15,17H,5-6H2,1-4H3. The van der Waals surface area contributed by atoms with Crippen molar-refractivity contribution in [3.05, 3.63) is 46.8 Å². The zero-order chi connectivity index (χ0) is 12.8. The monoisotopic (exact) mass is 235 g/mol. The number of aryl methyl sites for hydroxylation is 1. The Hall–Kier alpha value is -1.15. The van der Waals surface area contributed by atoms with Crippen molar-refractivity contribution in [3.63, 3.8) is 0 Å². The van der Waals surface area contributed by atoms with Crippen LogP contribution in [-0.4, -0.2) is 6.54 Å². The number of allylic oxidation sites excluding steroid dienone is 1. The van der Waals surface area contributed by atoms with Gasteiger partial charge in [0.25, 0.3) is 0 Å². The SMILES string of the molecule is CCCNC(C=C(C)C)c1cc(C)cc(F)c1. The maximum Gasteiger partial charge on any atom is 0.123 e. The lowest BCUT2D eigenvalue weighted by molar-refractivity contribution is 0.593. The fraction of sp³-hybridized carbons (Fsp3) is 0.467. The fourth-order valence-electron chi connectivity index (χ4n) is 1.85. The van der Waals surface area contributed by atoms with Crippen molar-refractivity contribution in [1.82, 2.24) is 5.32 Å². The van der Waals surface area contributed by atoms with Crippen LogP contribution in [0.1, 0.15) is 44.4 Å². The second-order valence-electron chi connectivity index (χ2n) is 4.74. The van der Waals surface area contributed by atoms with Crippen molar-refractivity contribution in [2.75, 3.05) is 6.54 Å². The van der Waals surface area contributed by atoms with E-state index in [0.717, 1.165) is 24.1 Å². The number of rotatable bonds is 5. The van der Waals surface area contributed by atoms with Crippen LogP contribution < -0.4 is 5.32 Å². The summed E-state index contributed by atoms with van der Waals surface area (Å²) in [5.41, 5.74) is 3.20. The molecule has 0 amide bonds. The molecular formula is C15H22FN. The highest BCUT2D eigenvalue weighted by atomic mass is 19.1. The first-order chi connectivity index (χ1) is 8.02. The molecular weight excluding hydrogens is 213 g/mol. The molecule has 1 nitrogen and oxygen atoms in total. The maximum absolute atomic E-state index is 13.4. The molecule has 0 spiro atoms. The van der Waals surface area contributed by atoms with E-state index in [4.69, 9.17) is 0 Å². The summed E-state index contributed by atoms with van der Waals surface area (Å²) in [6.07, 6.45) is 3.21. The van der Waals surface area contributed by atoms with Crippen LogP contribution in [0.5, 0.6) is 0 Å². The molecule has 94 valence electrons. The molecule has 1 rings (SSSR count). The average molecular weight is 235 g/mol. The van der Waals surface area contributed by atoms with Gasteiger partial charge in [-0.2, -0.15) is 0 Å².